The van der Waals surface area contributed by atoms with Gasteiger partial charge < -0.3 is 16.0 Å². The van der Waals surface area contributed by atoms with Gasteiger partial charge in [-0.05, 0) is 30.5 Å². The number of rotatable bonds is 8. The van der Waals surface area contributed by atoms with Crippen molar-refractivity contribution in [3.63, 3.8) is 0 Å². The Morgan fingerprint density at radius 3 is 2.62 bits per heavy atom. The summed E-state index contributed by atoms with van der Waals surface area (Å²) in [6.07, 6.45) is 4.84. The molecule has 1 amide bonds. The fourth-order valence-corrected chi connectivity index (χ4v) is 2.33. The molecular formula is C17H29N3O. The summed E-state index contributed by atoms with van der Waals surface area (Å²) >= 11 is 0. The highest BCUT2D eigenvalue weighted by Crippen LogP contribution is 2.22. The van der Waals surface area contributed by atoms with Gasteiger partial charge >= 0.3 is 0 Å². The van der Waals surface area contributed by atoms with Gasteiger partial charge in [-0.15, -0.1) is 0 Å². The van der Waals surface area contributed by atoms with Crippen LogP contribution in [-0.4, -0.2) is 31.4 Å². The second kappa shape index (κ2) is 8.55. The van der Waals surface area contributed by atoms with Gasteiger partial charge in [0.25, 0.3) is 5.91 Å². The Bertz CT molecular complexity index is 457. The first kappa shape index (κ1) is 17.3. The number of hydrogen-bond acceptors (Lipinski definition) is 3. The van der Waals surface area contributed by atoms with Gasteiger partial charge in [-0.25, -0.2) is 0 Å². The molecule has 3 N–H and O–H groups in total. The number of benzene rings is 1. The Balaban J connectivity index is 2.81. The predicted molar refractivity (Wildman–Crippen MR) is 90.7 cm³/mol. The molecule has 1 rings (SSSR count). The molecule has 0 bridgehead atoms. The first-order valence-corrected chi connectivity index (χ1v) is 7.84. The molecular weight excluding hydrogens is 262 g/mol. The Morgan fingerprint density at radius 2 is 2.05 bits per heavy atom. The summed E-state index contributed by atoms with van der Waals surface area (Å²) in [7, 11) is 3.52. The number of anilines is 2. The van der Waals surface area contributed by atoms with Crippen LogP contribution in [0.25, 0.3) is 0 Å². The minimum absolute atomic E-state index is 0.000827. The lowest BCUT2D eigenvalue weighted by Crippen LogP contribution is -2.24. The van der Waals surface area contributed by atoms with Gasteiger partial charge in [-0.1, -0.05) is 33.1 Å². The molecule has 1 unspecified atom stereocenters. The summed E-state index contributed by atoms with van der Waals surface area (Å²) in [5.74, 6) is 0.632. The molecule has 4 heteroatoms. The molecule has 0 saturated carbocycles. The molecule has 118 valence electrons. The number of nitrogens with two attached hydrogens (primary N) is 1. The van der Waals surface area contributed by atoms with Crippen LogP contribution in [-0.2, 0) is 0 Å². The van der Waals surface area contributed by atoms with Crippen LogP contribution in [0.4, 0.5) is 11.4 Å². The van der Waals surface area contributed by atoms with Crippen molar-refractivity contribution < 1.29 is 4.79 Å². The zero-order valence-corrected chi connectivity index (χ0v) is 13.8. The summed E-state index contributed by atoms with van der Waals surface area (Å²) in [4.78, 5) is 13.8. The number of nitrogen functional groups attached to an aromatic ring is 1. The van der Waals surface area contributed by atoms with Gasteiger partial charge in [-0.3, -0.25) is 4.79 Å². The van der Waals surface area contributed by atoms with Crippen molar-refractivity contribution in [2.45, 2.75) is 39.5 Å². The van der Waals surface area contributed by atoms with Crippen LogP contribution < -0.4 is 11.1 Å². The zero-order valence-electron chi connectivity index (χ0n) is 13.8. The van der Waals surface area contributed by atoms with E-state index in [0.717, 1.165) is 18.7 Å². The maximum Gasteiger partial charge on any atom is 0.255 e. The van der Waals surface area contributed by atoms with Gasteiger partial charge in [0.1, 0.15) is 0 Å². The van der Waals surface area contributed by atoms with Gasteiger partial charge in [0.05, 0.1) is 5.56 Å². The third-order valence-electron chi connectivity index (χ3n) is 3.80. The number of nitrogens with zero attached hydrogens (tertiary/aromatic N) is 1. The maximum absolute atomic E-state index is 12.2. The second-order valence-corrected chi connectivity index (χ2v) is 5.80. The molecule has 0 aromatic heterocycles. The average Bonchev–Trinajstić information content (AvgIpc) is 2.46. The first-order chi connectivity index (χ1) is 9.99. The number of carbonyl (C=O) groups is 1. The highest BCUT2D eigenvalue weighted by Gasteiger charge is 2.14. The smallest absolute Gasteiger partial charge is 0.255 e. The van der Waals surface area contributed by atoms with E-state index in [2.05, 4.69) is 19.2 Å². The zero-order chi connectivity index (χ0) is 15.8. The van der Waals surface area contributed by atoms with Gasteiger partial charge in [0, 0.05) is 32.0 Å². The lowest BCUT2D eigenvalue weighted by atomic mass is 9.99. The minimum Gasteiger partial charge on any atom is -0.399 e. The number of amides is 1. The Morgan fingerprint density at radius 1 is 1.33 bits per heavy atom. The van der Waals surface area contributed by atoms with Crippen LogP contribution in [0.1, 0.15) is 49.9 Å². The Kier molecular flexibility index (Phi) is 7.06. The molecule has 0 aliphatic heterocycles. The first-order valence-electron chi connectivity index (χ1n) is 7.84. The molecule has 1 aromatic rings. The van der Waals surface area contributed by atoms with E-state index in [4.69, 9.17) is 5.73 Å². The summed E-state index contributed by atoms with van der Waals surface area (Å²) in [5.41, 5.74) is 8.05. The Labute approximate surface area is 128 Å². The predicted octanol–water partition coefficient (Wildman–Crippen LogP) is 3.60. The van der Waals surface area contributed by atoms with Crippen LogP contribution in [0.5, 0.6) is 0 Å². The van der Waals surface area contributed by atoms with Crippen molar-refractivity contribution in [2.24, 2.45) is 5.92 Å². The van der Waals surface area contributed by atoms with Gasteiger partial charge in [0.15, 0.2) is 0 Å². The Hall–Kier alpha value is -1.71. The van der Waals surface area contributed by atoms with Crippen molar-refractivity contribution in [1.82, 2.24) is 4.90 Å². The van der Waals surface area contributed by atoms with E-state index in [1.807, 2.05) is 6.07 Å². The van der Waals surface area contributed by atoms with Crippen LogP contribution >= 0.6 is 0 Å². The molecule has 1 atom stereocenters. The van der Waals surface area contributed by atoms with Crippen molar-refractivity contribution in [1.29, 1.82) is 0 Å². The van der Waals surface area contributed by atoms with Crippen molar-refractivity contribution >= 4 is 17.3 Å². The normalized spacial score (nSPS) is 12.0. The molecule has 0 heterocycles. The molecule has 0 radical (unpaired) electrons. The second-order valence-electron chi connectivity index (χ2n) is 5.80. The molecule has 4 nitrogen and oxygen atoms in total. The lowest BCUT2D eigenvalue weighted by Gasteiger charge is -2.19. The third kappa shape index (κ3) is 5.29. The monoisotopic (exact) mass is 291 g/mol. The molecule has 0 fully saturated rings. The van der Waals surface area contributed by atoms with E-state index in [1.165, 1.54) is 19.3 Å². The fraction of sp³-hybridized carbons (Fsp3) is 0.588. The van der Waals surface area contributed by atoms with Crippen LogP contribution in [0, 0.1) is 5.92 Å². The standard InChI is InChI=1S/C17H29N3O/c1-5-7-8-13(6-2)12-19-16-11-14(18)9-10-15(16)17(21)20(3)4/h9-11,13,19H,5-8,12,18H2,1-4H3. The third-order valence-corrected chi connectivity index (χ3v) is 3.80. The topological polar surface area (TPSA) is 58.4 Å². The molecule has 0 spiro atoms. The molecule has 21 heavy (non-hydrogen) atoms. The number of hydrogen-bond donors (Lipinski definition) is 2. The average molecular weight is 291 g/mol. The fourth-order valence-electron chi connectivity index (χ4n) is 2.33. The van der Waals surface area contributed by atoms with Crippen LogP contribution in [0.3, 0.4) is 0 Å². The van der Waals surface area contributed by atoms with E-state index in [9.17, 15) is 4.79 Å². The SMILES string of the molecule is CCCCC(CC)CNc1cc(N)ccc1C(=O)N(C)C. The summed E-state index contributed by atoms with van der Waals surface area (Å²) in [6.45, 7) is 5.31. The number of unbranched alkanes of at least 4 members (excludes halogenated alkanes) is 1. The molecule has 0 saturated heterocycles. The van der Waals surface area contributed by atoms with Crippen molar-refractivity contribution in [3.05, 3.63) is 23.8 Å². The highest BCUT2D eigenvalue weighted by atomic mass is 16.2. The number of carbonyl (C=O) groups excluding carboxylic acids is 1. The summed E-state index contributed by atoms with van der Waals surface area (Å²) in [5, 5.41) is 3.42. The van der Waals surface area contributed by atoms with Crippen molar-refractivity contribution in [2.75, 3.05) is 31.7 Å². The van der Waals surface area contributed by atoms with E-state index in [1.54, 1.807) is 31.1 Å². The largest absolute Gasteiger partial charge is 0.399 e. The van der Waals surface area contributed by atoms with E-state index in [-0.39, 0.29) is 5.91 Å². The van der Waals surface area contributed by atoms with Crippen molar-refractivity contribution in [3.8, 4) is 0 Å². The molecule has 0 aliphatic carbocycles. The summed E-state index contributed by atoms with van der Waals surface area (Å²) in [6, 6.07) is 5.42. The maximum atomic E-state index is 12.2. The van der Waals surface area contributed by atoms with E-state index in [0.29, 0.717) is 17.2 Å². The number of nitrogens with one attached hydrogen (secondary N) is 1. The summed E-state index contributed by atoms with van der Waals surface area (Å²) < 4.78 is 0. The van der Waals surface area contributed by atoms with Gasteiger partial charge in [0.2, 0.25) is 0 Å². The highest BCUT2D eigenvalue weighted by molar-refractivity contribution is 5.99. The molecule has 1 aromatic carbocycles. The van der Waals surface area contributed by atoms with Crippen LogP contribution in [0.2, 0.25) is 0 Å². The minimum atomic E-state index is -0.000827. The lowest BCUT2D eigenvalue weighted by molar-refractivity contribution is 0.0828. The van der Waals surface area contributed by atoms with E-state index >= 15 is 0 Å². The molecule has 0 aliphatic rings. The van der Waals surface area contributed by atoms with Gasteiger partial charge in [-0.2, -0.15) is 0 Å². The van der Waals surface area contributed by atoms with Crippen LogP contribution in [0.15, 0.2) is 18.2 Å². The van der Waals surface area contributed by atoms with E-state index < -0.39 is 0 Å². The quantitative estimate of drug-likeness (QED) is 0.719.